The molecule has 7 heteroatoms. The van der Waals surface area contributed by atoms with Crippen molar-refractivity contribution in [2.24, 2.45) is 16.1 Å². The molecule has 2 aromatic rings. The lowest BCUT2D eigenvalue weighted by Gasteiger charge is -2.20. The summed E-state index contributed by atoms with van der Waals surface area (Å²) < 4.78 is 0. The van der Waals surface area contributed by atoms with Gasteiger partial charge in [0.25, 0.3) is 5.91 Å². The predicted molar refractivity (Wildman–Crippen MR) is 127 cm³/mol. The average Bonchev–Trinajstić information content (AvgIpc) is 3.24. The molecule has 0 fully saturated rings. The van der Waals surface area contributed by atoms with Crippen LogP contribution in [0.4, 0.5) is 10.5 Å². The summed E-state index contributed by atoms with van der Waals surface area (Å²) in [5.41, 5.74) is 6.73. The molecule has 0 aromatic heterocycles. The maximum absolute atomic E-state index is 12.9. The quantitative estimate of drug-likeness (QED) is 0.747. The van der Waals surface area contributed by atoms with Crippen molar-refractivity contribution >= 4 is 23.3 Å². The van der Waals surface area contributed by atoms with E-state index >= 15 is 0 Å². The molecule has 7 nitrogen and oxygen atoms in total. The van der Waals surface area contributed by atoms with Gasteiger partial charge in [-0.15, -0.1) is 10.2 Å². The Labute approximate surface area is 192 Å². The first kappa shape index (κ1) is 21.0. The lowest BCUT2D eigenvalue weighted by Crippen LogP contribution is -2.30. The lowest BCUT2D eigenvalue weighted by atomic mass is 9.89. The fourth-order valence-corrected chi connectivity index (χ4v) is 4.40. The highest BCUT2D eigenvalue weighted by Crippen LogP contribution is 2.34. The molecule has 1 aliphatic carbocycles. The Hall–Kier alpha value is -3.84. The zero-order valence-corrected chi connectivity index (χ0v) is 18.7. The summed E-state index contributed by atoms with van der Waals surface area (Å²) in [7, 11) is 4.10. The average molecular weight is 440 g/mol. The van der Waals surface area contributed by atoms with Gasteiger partial charge < -0.3 is 15.1 Å². The summed E-state index contributed by atoms with van der Waals surface area (Å²) in [5, 5.41) is 10.9. The first-order valence-electron chi connectivity index (χ1n) is 10.9. The van der Waals surface area contributed by atoms with Gasteiger partial charge >= 0.3 is 6.03 Å². The van der Waals surface area contributed by atoms with Crippen LogP contribution in [0.2, 0.25) is 0 Å². The summed E-state index contributed by atoms with van der Waals surface area (Å²) in [6.07, 6.45) is 7.48. The van der Waals surface area contributed by atoms with Crippen LogP contribution in [-0.4, -0.2) is 35.8 Å². The highest BCUT2D eigenvalue weighted by molar-refractivity contribution is 5.92. The van der Waals surface area contributed by atoms with Gasteiger partial charge in [0, 0.05) is 30.9 Å². The van der Waals surface area contributed by atoms with E-state index in [0.29, 0.717) is 24.5 Å². The van der Waals surface area contributed by atoms with E-state index in [2.05, 4.69) is 38.6 Å². The minimum absolute atomic E-state index is 0.126. The smallest absolute Gasteiger partial charge is 0.316 e. The van der Waals surface area contributed by atoms with Crippen LogP contribution >= 0.6 is 0 Å². The number of anilines is 1. The van der Waals surface area contributed by atoms with Crippen molar-refractivity contribution in [3.05, 3.63) is 94.6 Å². The van der Waals surface area contributed by atoms with Gasteiger partial charge in [-0.2, -0.15) is 0 Å². The Bertz CT molecular complexity index is 1240. The van der Waals surface area contributed by atoms with Crippen LogP contribution in [0.15, 0.2) is 82.6 Å². The number of azo groups is 1. The number of rotatable bonds is 4. The second-order valence-electron chi connectivity index (χ2n) is 8.77. The molecule has 0 saturated heterocycles. The highest BCUT2D eigenvalue weighted by Gasteiger charge is 2.28. The van der Waals surface area contributed by atoms with Gasteiger partial charge in [0.05, 0.1) is 11.6 Å². The molecule has 1 atom stereocenters. The molecular weight excluding hydrogens is 414 g/mol. The monoisotopic (exact) mass is 439 g/mol. The van der Waals surface area contributed by atoms with E-state index in [4.69, 9.17) is 0 Å². The van der Waals surface area contributed by atoms with Crippen molar-refractivity contribution in [2.45, 2.75) is 19.6 Å². The molecule has 1 N–H and O–H groups in total. The van der Waals surface area contributed by atoms with Gasteiger partial charge in [0.2, 0.25) is 0 Å². The van der Waals surface area contributed by atoms with E-state index in [1.165, 1.54) is 16.7 Å². The molecule has 166 valence electrons. The van der Waals surface area contributed by atoms with Crippen molar-refractivity contribution in [1.29, 1.82) is 0 Å². The van der Waals surface area contributed by atoms with Crippen LogP contribution < -0.4 is 5.32 Å². The van der Waals surface area contributed by atoms with Gasteiger partial charge in [-0.05, 0) is 48.5 Å². The lowest BCUT2D eigenvalue weighted by molar-refractivity contribution is -0.119. The molecule has 0 saturated carbocycles. The Morgan fingerprint density at radius 3 is 2.64 bits per heavy atom. The molecule has 2 aliphatic heterocycles. The first-order chi connectivity index (χ1) is 16.0. The minimum Gasteiger partial charge on any atom is -0.316 e. The number of urea groups is 1. The summed E-state index contributed by atoms with van der Waals surface area (Å²) in [5.74, 6) is -0.629. The fraction of sp³-hybridized carbons (Fsp3) is 0.231. The van der Waals surface area contributed by atoms with Crippen LogP contribution in [0.3, 0.4) is 0 Å². The number of amides is 3. The molecule has 2 heterocycles. The van der Waals surface area contributed by atoms with Crippen molar-refractivity contribution < 1.29 is 9.59 Å². The maximum atomic E-state index is 12.9. The van der Waals surface area contributed by atoms with Crippen LogP contribution in [0.25, 0.3) is 5.70 Å². The molecule has 0 bridgehead atoms. The molecule has 33 heavy (non-hydrogen) atoms. The van der Waals surface area contributed by atoms with Crippen LogP contribution in [0.5, 0.6) is 0 Å². The minimum atomic E-state index is -0.378. The Kier molecular flexibility index (Phi) is 5.48. The molecule has 3 amide bonds. The number of hydrogen-bond donors (Lipinski definition) is 1. The zero-order valence-electron chi connectivity index (χ0n) is 18.7. The number of fused-ring (bicyclic) bond motifs is 2. The molecular formula is C26H25N5O2. The molecule has 0 radical (unpaired) electrons. The number of allylic oxidation sites excluding steroid dienone is 3. The van der Waals surface area contributed by atoms with E-state index in [1.807, 2.05) is 67.6 Å². The standard InChI is InChI=1S/C26H25N5O2/c1-30(2)14-17-7-8-19-15-31(16-20(19)13-17)26(33)27-21-11-9-18(10-12-21)24-22-5-3-4-6-23(22)25(32)29-28-24/h3-13,23H,14-16H2,1-2H3,(H,27,33). The van der Waals surface area contributed by atoms with E-state index in [1.54, 1.807) is 0 Å². The largest absolute Gasteiger partial charge is 0.322 e. The Morgan fingerprint density at radius 1 is 1.06 bits per heavy atom. The van der Waals surface area contributed by atoms with E-state index < -0.39 is 0 Å². The molecule has 1 unspecified atom stereocenters. The Morgan fingerprint density at radius 2 is 1.85 bits per heavy atom. The number of nitrogens with one attached hydrogen (secondary N) is 1. The zero-order chi connectivity index (χ0) is 22.9. The fourth-order valence-electron chi connectivity index (χ4n) is 4.40. The molecule has 3 aliphatic rings. The van der Waals surface area contributed by atoms with Crippen molar-refractivity contribution in [2.75, 3.05) is 19.4 Å². The molecule has 2 aromatic carbocycles. The highest BCUT2D eigenvalue weighted by atomic mass is 16.2. The van der Waals surface area contributed by atoms with Crippen molar-refractivity contribution in [1.82, 2.24) is 9.80 Å². The summed E-state index contributed by atoms with van der Waals surface area (Å²) in [6, 6.07) is 13.8. The normalized spacial score (nSPS) is 18.7. The molecule has 5 rings (SSSR count). The predicted octanol–water partition coefficient (Wildman–Crippen LogP) is 4.74. The van der Waals surface area contributed by atoms with Gasteiger partial charge in [-0.1, -0.05) is 54.6 Å². The summed E-state index contributed by atoms with van der Waals surface area (Å²) >= 11 is 0. The number of hydrogen-bond acceptors (Lipinski definition) is 4. The van der Waals surface area contributed by atoms with E-state index in [0.717, 1.165) is 17.7 Å². The van der Waals surface area contributed by atoms with Crippen LogP contribution in [0.1, 0.15) is 22.3 Å². The van der Waals surface area contributed by atoms with Crippen LogP contribution in [0, 0.1) is 5.92 Å². The van der Waals surface area contributed by atoms with Gasteiger partial charge in [-0.25, -0.2) is 4.79 Å². The topological polar surface area (TPSA) is 77.4 Å². The number of carbonyl (C=O) groups is 2. The van der Waals surface area contributed by atoms with Gasteiger partial charge in [0.15, 0.2) is 0 Å². The summed E-state index contributed by atoms with van der Waals surface area (Å²) in [4.78, 5) is 28.8. The Balaban J connectivity index is 1.27. The number of benzene rings is 2. The third-order valence-corrected chi connectivity index (χ3v) is 6.00. The number of carbonyl (C=O) groups excluding carboxylic acids is 2. The first-order valence-corrected chi connectivity index (χ1v) is 10.9. The van der Waals surface area contributed by atoms with Gasteiger partial charge in [0.1, 0.15) is 0 Å². The molecule has 0 spiro atoms. The maximum Gasteiger partial charge on any atom is 0.322 e. The third kappa shape index (κ3) is 4.27. The second kappa shape index (κ2) is 8.60. The van der Waals surface area contributed by atoms with Crippen LogP contribution in [-0.2, 0) is 24.4 Å². The van der Waals surface area contributed by atoms with E-state index in [9.17, 15) is 9.59 Å². The second-order valence-corrected chi connectivity index (χ2v) is 8.77. The van der Waals surface area contributed by atoms with Crippen molar-refractivity contribution in [3.8, 4) is 0 Å². The SMILES string of the molecule is CN(C)Cc1ccc2c(c1)CN(C(=O)Nc1ccc(C3=C4C=CC=CC4C(=O)N=N3)cc1)C2. The van der Waals surface area contributed by atoms with E-state index in [-0.39, 0.29) is 17.9 Å². The summed E-state index contributed by atoms with van der Waals surface area (Å²) in [6.45, 7) is 2.09. The van der Waals surface area contributed by atoms with Gasteiger partial charge in [-0.3, -0.25) is 4.79 Å². The number of nitrogens with zero attached hydrogens (tertiary/aromatic N) is 4. The van der Waals surface area contributed by atoms with Crippen molar-refractivity contribution in [3.63, 3.8) is 0 Å². The third-order valence-electron chi connectivity index (χ3n) is 6.00.